The molecule has 0 aromatic heterocycles. The maximum atomic E-state index is 12.1. The molecular weight excluding hydrogens is 292 g/mol. The van der Waals surface area contributed by atoms with Crippen LogP contribution in [0.25, 0.3) is 0 Å². The van der Waals surface area contributed by atoms with Crippen LogP contribution in [0.5, 0.6) is 0 Å². The fourth-order valence-electron chi connectivity index (χ4n) is 1.99. The molecule has 128 valence electrons. The van der Waals surface area contributed by atoms with Crippen LogP contribution < -0.4 is 10.6 Å². The molecular formula is C18H28N2O3. The van der Waals surface area contributed by atoms with Gasteiger partial charge in [0, 0.05) is 18.2 Å². The molecule has 0 fully saturated rings. The largest absolute Gasteiger partial charge is 0.396 e. The predicted octanol–water partition coefficient (Wildman–Crippen LogP) is 1.85. The van der Waals surface area contributed by atoms with Crippen molar-refractivity contribution < 1.29 is 14.7 Å². The summed E-state index contributed by atoms with van der Waals surface area (Å²) in [5.74, 6) is -0.569. The Kier molecular flexibility index (Phi) is 6.76. The Labute approximate surface area is 138 Å². The Morgan fingerprint density at radius 3 is 2.17 bits per heavy atom. The Morgan fingerprint density at radius 2 is 1.70 bits per heavy atom. The number of hydrogen-bond donors (Lipinski definition) is 3. The van der Waals surface area contributed by atoms with Gasteiger partial charge in [0.1, 0.15) is 0 Å². The third-order valence-electron chi connectivity index (χ3n) is 3.95. The summed E-state index contributed by atoms with van der Waals surface area (Å²) in [6, 6.07) is 7.25. The van der Waals surface area contributed by atoms with Gasteiger partial charge in [0.15, 0.2) is 0 Å². The summed E-state index contributed by atoms with van der Waals surface area (Å²) >= 11 is 0. The lowest BCUT2D eigenvalue weighted by Gasteiger charge is -2.20. The molecule has 0 aliphatic carbocycles. The summed E-state index contributed by atoms with van der Waals surface area (Å²) in [7, 11) is 0. The molecule has 0 spiro atoms. The number of rotatable bonds is 6. The minimum atomic E-state index is -0.275. The fourth-order valence-corrected chi connectivity index (χ4v) is 1.99. The van der Waals surface area contributed by atoms with E-state index in [-0.39, 0.29) is 42.3 Å². The third-order valence-corrected chi connectivity index (χ3v) is 3.95. The average molecular weight is 320 g/mol. The molecule has 0 saturated carbocycles. The van der Waals surface area contributed by atoms with E-state index < -0.39 is 0 Å². The van der Waals surface area contributed by atoms with Gasteiger partial charge in [-0.2, -0.15) is 0 Å². The van der Waals surface area contributed by atoms with Crippen molar-refractivity contribution in [2.75, 3.05) is 13.2 Å². The van der Waals surface area contributed by atoms with Gasteiger partial charge in [-0.25, -0.2) is 0 Å². The van der Waals surface area contributed by atoms with Gasteiger partial charge in [-0.05, 0) is 36.0 Å². The molecule has 2 amide bonds. The molecule has 1 aromatic rings. The molecule has 0 aliphatic heterocycles. The van der Waals surface area contributed by atoms with Gasteiger partial charge in [-0.15, -0.1) is 0 Å². The van der Waals surface area contributed by atoms with E-state index in [1.54, 1.807) is 12.1 Å². The lowest BCUT2D eigenvalue weighted by molar-refractivity contribution is -0.121. The zero-order chi connectivity index (χ0) is 17.6. The Balaban J connectivity index is 2.52. The van der Waals surface area contributed by atoms with E-state index in [0.717, 1.165) is 5.56 Å². The second-order valence-electron chi connectivity index (χ2n) is 7.03. The number of carbonyl (C=O) groups is 2. The molecule has 2 unspecified atom stereocenters. The normalized spacial score (nSPS) is 14.0. The van der Waals surface area contributed by atoms with E-state index in [4.69, 9.17) is 5.11 Å². The molecule has 0 aliphatic rings. The van der Waals surface area contributed by atoms with E-state index >= 15 is 0 Å². The van der Waals surface area contributed by atoms with Gasteiger partial charge in [-0.3, -0.25) is 9.59 Å². The van der Waals surface area contributed by atoms with Gasteiger partial charge < -0.3 is 15.7 Å². The molecule has 2 atom stereocenters. The second kappa shape index (κ2) is 8.11. The number of aliphatic hydroxyl groups is 1. The minimum Gasteiger partial charge on any atom is -0.396 e. The quantitative estimate of drug-likeness (QED) is 0.748. The average Bonchev–Trinajstić information content (AvgIpc) is 2.50. The molecule has 0 saturated heterocycles. The van der Waals surface area contributed by atoms with E-state index in [1.807, 2.05) is 26.0 Å². The Hall–Kier alpha value is -1.88. The van der Waals surface area contributed by atoms with Gasteiger partial charge in [0.05, 0.1) is 6.54 Å². The van der Waals surface area contributed by atoms with Crippen molar-refractivity contribution in [1.82, 2.24) is 10.6 Å². The van der Waals surface area contributed by atoms with Crippen molar-refractivity contribution in [2.45, 2.75) is 46.1 Å². The van der Waals surface area contributed by atoms with Crippen LogP contribution >= 0.6 is 0 Å². The highest BCUT2D eigenvalue weighted by atomic mass is 16.3. The zero-order valence-electron chi connectivity index (χ0n) is 14.6. The lowest BCUT2D eigenvalue weighted by Crippen LogP contribution is -2.43. The van der Waals surface area contributed by atoms with Gasteiger partial charge in [0.25, 0.3) is 5.91 Å². The number of aliphatic hydroxyl groups excluding tert-OH is 1. The molecule has 3 N–H and O–H groups in total. The van der Waals surface area contributed by atoms with Gasteiger partial charge in [0.2, 0.25) is 5.91 Å². The molecule has 0 heterocycles. The number of benzene rings is 1. The van der Waals surface area contributed by atoms with E-state index in [0.29, 0.717) is 5.56 Å². The zero-order valence-corrected chi connectivity index (χ0v) is 14.6. The van der Waals surface area contributed by atoms with E-state index in [9.17, 15) is 9.59 Å². The first kappa shape index (κ1) is 19.2. The fraction of sp³-hybridized carbons (Fsp3) is 0.556. The van der Waals surface area contributed by atoms with Crippen molar-refractivity contribution in [3.63, 3.8) is 0 Å². The minimum absolute atomic E-state index is 0.00787. The highest BCUT2D eigenvalue weighted by Gasteiger charge is 2.16. The summed E-state index contributed by atoms with van der Waals surface area (Å²) < 4.78 is 0. The molecule has 1 rings (SSSR count). The molecule has 0 bridgehead atoms. The monoisotopic (exact) mass is 320 g/mol. The van der Waals surface area contributed by atoms with Gasteiger partial charge >= 0.3 is 0 Å². The Morgan fingerprint density at radius 1 is 1.13 bits per heavy atom. The maximum Gasteiger partial charge on any atom is 0.251 e. The molecule has 23 heavy (non-hydrogen) atoms. The van der Waals surface area contributed by atoms with Crippen molar-refractivity contribution >= 4 is 11.8 Å². The maximum absolute atomic E-state index is 12.1. The first-order valence-electron chi connectivity index (χ1n) is 7.94. The summed E-state index contributed by atoms with van der Waals surface area (Å²) in [6.07, 6.45) is 0. The van der Waals surface area contributed by atoms with Crippen LogP contribution in [-0.4, -0.2) is 36.1 Å². The van der Waals surface area contributed by atoms with Crippen molar-refractivity contribution in [3.8, 4) is 0 Å². The number of hydrogen-bond acceptors (Lipinski definition) is 3. The smallest absolute Gasteiger partial charge is 0.251 e. The predicted molar refractivity (Wildman–Crippen MR) is 91.3 cm³/mol. The van der Waals surface area contributed by atoms with Crippen LogP contribution in [0.4, 0.5) is 0 Å². The molecule has 0 radical (unpaired) electrons. The SMILES string of the molecule is CC(CO)C(C)NC(=O)CNC(=O)c1ccc(C(C)(C)C)cc1. The summed E-state index contributed by atoms with van der Waals surface area (Å²) in [6.45, 7) is 9.94. The van der Waals surface area contributed by atoms with E-state index in [2.05, 4.69) is 31.4 Å². The Bertz CT molecular complexity index is 532. The summed E-state index contributed by atoms with van der Waals surface area (Å²) in [5.41, 5.74) is 1.72. The molecule has 5 heteroatoms. The third kappa shape index (κ3) is 6.02. The van der Waals surface area contributed by atoms with Crippen LogP contribution in [-0.2, 0) is 10.2 Å². The highest BCUT2D eigenvalue weighted by molar-refractivity contribution is 5.96. The topological polar surface area (TPSA) is 78.4 Å². The van der Waals surface area contributed by atoms with Crippen LogP contribution in [0.1, 0.15) is 50.5 Å². The van der Waals surface area contributed by atoms with Crippen molar-refractivity contribution in [2.24, 2.45) is 5.92 Å². The number of carbonyl (C=O) groups excluding carboxylic acids is 2. The number of amides is 2. The lowest BCUT2D eigenvalue weighted by atomic mass is 9.87. The standard InChI is InChI=1S/C18H28N2O3/c1-12(11-21)13(2)20-16(22)10-19-17(23)14-6-8-15(9-7-14)18(3,4)5/h6-9,12-13,21H,10-11H2,1-5H3,(H,19,23)(H,20,22). The van der Waals surface area contributed by atoms with E-state index in [1.165, 1.54) is 0 Å². The van der Waals surface area contributed by atoms with Crippen LogP contribution in [0.3, 0.4) is 0 Å². The van der Waals surface area contributed by atoms with Gasteiger partial charge in [-0.1, -0.05) is 39.8 Å². The summed E-state index contributed by atoms with van der Waals surface area (Å²) in [5, 5.41) is 14.4. The summed E-state index contributed by atoms with van der Waals surface area (Å²) in [4.78, 5) is 23.8. The highest BCUT2D eigenvalue weighted by Crippen LogP contribution is 2.22. The van der Waals surface area contributed by atoms with Crippen molar-refractivity contribution in [1.29, 1.82) is 0 Å². The van der Waals surface area contributed by atoms with Crippen LogP contribution in [0.15, 0.2) is 24.3 Å². The molecule has 5 nitrogen and oxygen atoms in total. The van der Waals surface area contributed by atoms with Crippen LogP contribution in [0.2, 0.25) is 0 Å². The van der Waals surface area contributed by atoms with Crippen molar-refractivity contribution in [3.05, 3.63) is 35.4 Å². The van der Waals surface area contributed by atoms with Crippen LogP contribution in [0, 0.1) is 5.92 Å². The first-order chi connectivity index (χ1) is 10.6. The first-order valence-corrected chi connectivity index (χ1v) is 7.94. The number of nitrogens with one attached hydrogen (secondary N) is 2. The second-order valence-corrected chi connectivity index (χ2v) is 7.03. The molecule has 1 aromatic carbocycles.